The number of nitrogens with one attached hydrogen (secondary N) is 1. The molecule has 2 rings (SSSR count). The number of hydrogen-bond donors (Lipinski definition) is 1. The van der Waals surface area contributed by atoms with E-state index < -0.39 is 0 Å². The summed E-state index contributed by atoms with van der Waals surface area (Å²) in [6.07, 6.45) is 5.79. The molecule has 1 fully saturated rings. The van der Waals surface area contributed by atoms with Gasteiger partial charge < -0.3 is 9.84 Å². The fraction of sp³-hybridized carbons (Fsp3) is 0.867. The van der Waals surface area contributed by atoms with Crippen molar-refractivity contribution in [1.29, 1.82) is 0 Å². The summed E-state index contributed by atoms with van der Waals surface area (Å²) < 4.78 is 5.42. The van der Waals surface area contributed by atoms with Gasteiger partial charge in [-0.05, 0) is 30.7 Å². The fourth-order valence-electron chi connectivity index (χ4n) is 2.31. The Hall–Kier alpha value is -0.900. The van der Waals surface area contributed by atoms with Crippen LogP contribution >= 0.6 is 0 Å². The Morgan fingerprint density at radius 1 is 1.32 bits per heavy atom. The summed E-state index contributed by atoms with van der Waals surface area (Å²) in [7, 11) is 0. The molecule has 0 amide bonds. The fourth-order valence-corrected chi connectivity index (χ4v) is 2.31. The van der Waals surface area contributed by atoms with Crippen LogP contribution in [0.15, 0.2) is 4.52 Å². The van der Waals surface area contributed by atoms with E-state index in [0.29, 0.717) is 5.92 Å². The molecule has 0 spiro atoms. The molecule has 2 unspecified atom stereocenters. The van der Waals surface area contributed by atoms with Crippen LogP contribution in [0.2, 0.25) is 0 Å². The zero-order valence-corrected chi connectivity index (χ0v) is 12.7. The van der Waals surface area contributed by atoms with Crippen LogP contribution in [-0.2, 0) is 6.42 Å². The van der Waals surface area contributed by atoms with Gasteiger partial charge in [0.2, 0.25) is 5.89 Å². The summed E-state index contributed by atoms with van der Waals surface area (Å²) in [5.41, 5.74) is 0.273. The largest absolute Gasteiger partial charge is 0.339 e. The molecule has 2 heterocycles. The van der Waals surface area contributed by atoms with Crippen LogP contribution in [0.1, 0.15) is 71.1 Å². The van der Waals surface area contributed by atoms with E-state index in [1.165, 1.54) is 19.3 Å². The first-order chi connectivity index (χ1) is 8.97. The minimum Gasteiger partial charge on any atom is -0.339 e. The van der Waals surface area contributed by atoms with Gasteiger partial charge in [-0.3, -0.25) is 0 Å². The second kappa shape index (κ2) is 6.04. The average Bonchev–Trinajstić information content (AvgIpc) is 2.62. The van der Waals surface area contributed by atoms with E-state index in [0.717, 1.165) is 31.1 Å². The molecule has 1 aliphatic rings. The van der Waals surface area contributed by atoms with E-state index in [9.17, 15) is 0 Å². The van der Waals surface area contributed by atoms with E-state index >= 15 is 0 Å². The first kappa shape index (κ1) is 14.5. The summed E-state index contributed by atoms with van der Waals surface area (Å²) in [5, 5.41) is 7.68. The smallest absolute Gasteiger partial charge is 0.226 e. The Balaban J connectivity index is 1.98. The lowest BCUT2D eigenvalue weighted by Crippen LogP contribution is -2.22. The van der Waals surface area contributed by atoms with Crippen molar-refractivity contribution in [2.24, 2.45) is 11.3 Å². The number of aromatic nitrogens is 2. The maximum atomic E-state index is 5.42. The van der Waals surface area contributed by atoms with E-state index in [1.807, 2.05) is 0 Å². The molecule has 4 heteroatoms. The highest BCUT2D eigenvalue weighted by molar-refractivity contribution is 4.96. The van der Waals surface area contributed by atoms with Crippen LogP contribution in [0, 0.1) is 11.3 Å². The Labute approximate surface area is 116 Å². The van der Waals surface area contributed by atoms with Gasteiger partial charge >= 0.3 is 0 Å². The topological polar surface area (TPSA) is 51.0 Å². The molecule has 0 aromatic carbocycles. The predicted octanol–water partition coefficient (Wildman–Crippen LogP) is 3.50. The van der Waals surface area contributed by atoms with Crippen molar-refractivity contribution in [3.8, 4) is 0 Å². The molecule has 19 heavy (non-hydrogen) atoms. The third-order valence-corrected chi connectivity index (χ3v) is 4.31. The monoisotopic (exact) mass is 265 g/mol. The van der Waals surface area contributed by atoms with Crippen molar-refractivity contribution in [1.82, 2.24) is 15.5 Å². The normalized spacial score (nSPS) is 23.1. The summed E-state index contributed by atoms with van der Waals surface area (Å²) in [6, 6.07) is 0.282. The highest BCUT2D eigenvalue weighted by Crippen LogP contribution is 2.28. The minimum absolute atomic E-state index is 0.273. The highest BCUT2D eigenvalue weighted by Gasteiger charge is 2.24. The van der Waals surface area contributed by atoms with Crippen molar-refractivity contribution in [3.05, 3.63) is 11.7 Å². The van der Waals surface area contributed by atoms with Crippen molar-refractivity contribution < 1.29 is 4.52 Å². The third kappa shape index (κ3) is 4.03. The molecule has 0 bridgehead atoms. The van der Waals surface area contributed by atoms with E-state index in [1.54, 1.807) is 0 Å². The molecule has 1 N–H and O–H groups in total. The maximum Gasteiger partial charge on any atom is 0.226 e. The van der Waals surface area contributed by atoms with Gasteiger partial charge in [-0.2, -0.15) is 4.98 Å². The lowest BCUT2D eigenvalue weighted by atomic mass is 9.80. The molecule has 1 aromatic rings. The van der Waals surface area contributed by atoms with Crippen molar-refractivity contribution >= 4 is 0 Å². The molecule has 4 nitrogen and oxygen atoms in total. The SMILES string of the molecule is CC(Cc1nc(C2CCCCCN2)no1)C(C)(C)C. The first-order valence-corrected chi connectivity index (χ1v) is 7.52. The second-order valence-corrected chi connectivity index (χ2v) is 6.87. The zero-order chi connectivity index (χ0) is 13.9. The van der Waals surface area contributed by atoms with E-state index in [4.69, 9.17) is 4.52 Å². The lowest BCUT2D eigenvalue weighted by molar-refractivity contribution is 0.236. The molecule has 2 atom stereocenters. The predicted molar refractivity (Wildman–Crippen MR) is 75.8 cm³/mol. The molecule has 1 aromatic heterocycles. The Morgan fingerprint density at radius 2 is 2.11 bits per heavy atom. The van der Waals surface area contributed by atoms with Crippen LogP contribution < -0.4 is 5.32 Å². The average molecular weight is 265 g/mol. The Morgan fingerprint density at radius 3 is 2.84 bits per heavy atom. The minimum atomic E-state index is 0.273. The molecule has 0 saturated carbocycles. The van der Waals surface area contributed by atoms with Crippen molar-refractivity contribution in [3.63, 3.8) is 0 Å². The quantitative estimate of drug-likeness (QED) is 0.908. The number of rotatable bonds is 3. The molecular weight excluding hydrogens is 238 g/mol. The summed E-state index contributed by atoms with van der Waals surface area (Å²) in [4.78, 5) is 4.59. The maximum absolute atomic E-state index is 5.42. The summed E-state index contributed by atoms with van der Waals surface area (Å²) in [5.74, 6) is 2.16. The van der Waals surface area contributed by atoms with Gasteiger partial charge in [-0.25, -0.2) is 0 Å². The van der Waals surface area contributed by atoms with Crippen LogP contribution in [0.4, 0.5) is 0 Å². The molecule has 108 valence electrons. The molecule has 1 saturated heterocycles. The molecule has 0 aliphatic carbocycles. The third-order valence-electron chi connectivity index (χ3n) is 4.31. The van der Waals surface area contributed by atoms with Crippen LogP contribution in [0.25, 0.3) is 0 Å². The van der Waals surface area contributed by atoms with Crippen LogP contribution in [-0.4, -0.2) is 16.7 Å². The summed E-state index contributed by atoms with van der Waals surface area (Å²) in [6.45, 7) is 10.1. The van der Waals surface area contributed by atoms with Gasteiger partial charge in [0.25, 0.3) is 0 Å². The molecule has 1 aliphatic heterocycles. The van der Waals surface area contributed by atoms with E-state index in [-0.39, 0.29) is 11.5 Å². The highest BCUT2D eigenvalue weighted by atomic mass is 16.5. The molecule has 0 radical (unpaired) electrons. The van der Waals surface area contributed by atoms with Gasteiger partial charge in [0.1, 0.15) is 0 Å². The molecular formula is C15H27N3O. The Bertz CT molecular complexity index is 386. The number of hydrogen-bond acceptors (Lipinski definition) is 4. The van der Waals surface area contributed by atoms with Crippen molar-refractivity contribution in [2.45, 2.75) is 65.8 Å². The standard InChI is InChI=1S/C15H27N3O/c1-11(15(2,3)4)10-13-17-14(18-19-13)12-8-6-5-7-9-16-12/h11-12,16H,5-10H2,1-4H3. The second-order valence-electron chi connectivity index (χ2n) is 6.87. The van der Waals surface area contributed by atoms with Gasteiger partial charge in [-0.1, -0.05) is 45.7 Å². The van der Waals surface area contributed by atoms with Gasteiger partial charge in [0.15, 0.2) is 5.82 Å². The van der Waals surface area contributed by atoms with Crippen LogP contribution in [0.5, 0.6) is 0 Å². The zero-order valence-electron chi connectivity index (χ0n) is 12.7. The van der Waals surface area contributed by atoms with Gasteiger partial charge in [0.05, 0.1) is 6.04 Å². The van der Waals surface area contributed by atoms with Crippen molar-refractivity contribution in [2.75, 3.05) is 6.54 Å². The lowest BCUT2D eigenvalue weighted by Gasteiger charge is -2.25. The van der Waals surface area contributed by atoms with E-state index in [2.05, 4.69) is 43.2 Å². The summed E-state index contributed by atoms with van der Waals surface area (Å²) >= 11 is 0. The van der Waals surface area contributed by atoms with Crippen LogP contribution in [0.3, 0.4) is 0 Å². The Kier molecular flexibility index (Phi) is 4.61. The number of nitrogens with zero attached hydrogens (tertiary/aromatic N) is 2. The first-order valence-electron chi connectivity index (χ1n) is 7.52. The van der Waals surface area contributed by atoms with Gasteiger partial charge in [0, 0.05) is 6.42 Å². The van der Waals surface area contributed by atoms with Gasteiger partial charge in [-0.15, -0.1) is 0 Å².